The molecular formula is C14H29N3. The predicted molar refractivity (Wildman–Crippen MR) is 73.4 cm³/mol. The zero-order valence-corrected chi connectivity index (χ0v) is 11.6. The summed E-state index contributed by atoms with van der Waals surface area (Å²) in [6.45, 7) is 8.88. The van der Waals surface area contributed by atoms with Crippen LogP contribution in [0.3, 0.4) is 0 Å². The van der Waals surface area contributed by atoms with Crippen molar-refractivity contribution in [2.45, 2.75) is 51.1 Å². The number of hydrogen-bond acceptors (Lipinski definition) is 3. The Morgan fingerprint density at radius 1 is 1.18 bits per heavy atom. The lowest BCUT2D eigenvalue weighted by Crippen LogP contribution is -2.54. The van der Waals surface area contributed by atoms with E-state index in [0.717, 1.165) is 12.1 Å². The van der Waals surface area contributed by atoms with Crippen molar-refractivity contribution >= 4 is 0 Å². The summed E-state index contributed by atoms with van der Waals surface area (Å²) < 4.78 is 0. The number of nitrogens with zero attached hydrogens (tertiary/aromatic N) is 2. The second kappa shape index (κ2) is 6.72. The monoisotopic (exact) mass is 239 g/mol. The molecule has 2 aliphatic rings. The van der Waals surface area contributed by atoms with Gasteiger partial charge in [0.2, 0.25) is 0 Å². The first-order valence-electron chi connectivity index (χ1n) is 7.44. The maximum absolute atomic E-state index is 3.22. The Morgan fingerprint density at radius 3 is 2.88 bits per heavy atom. The van der Waals surface area contributed by atoms with E-state index in [2.05, 4.69) is 22.0 Å². The van der Waals surface area contributed by atoms with E-state index in [-0.39, 0.29) is 0 Å². The van der Waals surface area contributed by atoms with Crippen molar-refractivity contribution in [2.75, 3.05) is 39.8 Å². The smallest absolute Gasteiger partial charge is 0.0224 e. The minimum Gasteiger partial charge on any atom is -0.320 e. The third kappa shape index (κ3) is 3.67. The summed E-state index contributed by atoms with van der Waals surface area (Å²) >= 11 is 0. The first-order valence-corrected chi connectivity index (χ1v) is 7.44. The number of rotatable bonds is 6. The Labute approximate surface area is 107 Å². The molecule has 2 heterocycles. The van der Waals surface area contributed by atoms with Gasteiger partial charge in [-0.2, -0.15) is 0 Å². The van der Waals surface area contributed by atoms with E-state index in [9.17, 15) is 0 Å². The van der Waals surface area contributed by atoms with E-state index in [1.165, 1.54) is 64.8 Å². The molecule has 3 heteroatoms. The molecule has 2 aliphatic heterocycles. The zero-order valence-electron chi connectivity index (χ0n) is 11.6. The number of piperazine rings is 1. The van der Waals surface area contributed by atoms with Crippen molar-refractivity contribution in [1.29, 1.82) is 0 Å². The van der Waals surface area contributed by atoms with Gasteiger partial charge in [0.15, 0.2) is 0 Å². The highest BCUT2D eigenvalue weighted by Gasteiger charge is 2.33. The van der Waals surface area contributed by atoms with Crippen LogP contribution in [0.4, 0.5) is 0 Å². The van der Waals surface area contributed by atoms with Gasteiger partial charge in [0, 0.05) is 25.2 Å². The van der Waals surface area contributed by atoms with Gasteiger partial charge in [-0.05, 0) is 59.3 Å². The van der Waals surface area contributed by atoms with Gasteiger partial charge < -0.3 is 5.32 Å². The first kappa shape index (κ1) is 13.3. The van der Waals surface area contributed by atoms with Crippen LogP contribution in [0.15, 0.2) is 0 Å². The number of hydrogen-bond donors (Lipinski definition) is 1. The molecule has 3 nitrogen and oxygen atoms in total. The van der Waals surface area contributed by atoms with Crippen LogP contribution < -0.4 is 5.32 Å². The highest BCUT2D eigenvalue weighted by molar-refractivity contribution is 4.90. The van der Waals surface area contributed by atoms with Gasteiger partial charge in [-0.1, -0.05) is 6.42 Å². The molecule has 0 bridgehead atoms. The predicted octanol–water partition coefficient (Wildman–Crippen LogP) is 1.54. The molecule has 17 heavy (non-hydrogen) atoms. The summed E-state index contributed by atoms with van der Waals surface area (Å²) in [6.07, 6.45) is 6.93. The molecule has 0 aromatic carbocycles. The highest BCUT2D eigenvalue weighted by atomic mass is 15.3. The molecule has 100 valence electrons. The van der Waals surface area contributed by atoms with Crippen LogP contribution in [-0.4, -0.2) is 61.7 Å². The molecule has 0 amide bonds. The molecule has 2 saturated heterocycles. The summed E-state index contributed by atoms with van der Waals surface area (Å²) in [5.41, 5.74) is 0. The standard InChI is InChI=1S/C14H29N3/c1-13-11-17-10-6-7-14(17)12-16(13)9-5-3-4-8-15-2/h13-15H,3-12H2,1-2H3. The van der Waals surface area contributed by atoms with Gasteiger partial charge in [-0.3, -0.25) is 9.80 Å². The molecule has 0 aliphatic carbocycles. The Bertz CT molecular complexity index is 220. The molecule has 0 aromatic rings. The van der Waals surface area contributed by atoms with Crippen LogP contribution in [-0.2, 0) is 0 Å². The molecule has 0 saturated carbocycles. The van der Waals surface area contributed by atoms with Crippen molar-refractivity contribution in [1.82, 2.24) is 15.1 Å². The molecule has 2 rings (SSSR count). The molecule has 2 unspecified atom stereocenters. The molecule has 2 atom stereocenters. The summed E-state index contributed by atoms with van der Waals surface area (Å²) in [7, 11) is 2.04. The van der Waals surface area contributed by atoms with E-state index < -0.39 is 0 Å². The minimum absolute atomic E-state index is 0.772. The van der Waals surface area contributed by atoms with Crippen molar-refractivity contribution in [3.8, 4) is 0 Å². The first-order chi connectivity index (χ1) is 8.31. The number of unbranched alkanes of at least 4 members (excludes halogenated alkanes) is 2. The van der Waals surface area contributed by atoms with Gasteiger partial charge in [0.05, 0.1) is 0 Å². The fraction of sp³-hybridized carbons (Fsp3) is 1.00. The van der Waals surface area contributed by atoms with Gasteiger partial charge >= 0.3 is 0 Å². The fourth-order valence-electron chi connectivity index (χ4n) is 3.35. The lowest BCUT2D eigenvalue weighted by molar-refractivity contribution is 0.0583. The number of fused-ring (bicyclic) bond motifs is 1. The van der Waals surface area contributed by atoms with E-state index >= 15 is 0 Å². The molecular weight excluding hydrogens is 210 g/mol. The highest BCUT2D eigenvalue weighted by Crippen LogP contribution is 2.24. The van der Waals surface area contributed by atoms with Crippen LogP contribution in [0.5, 0.6) is 0 Å². The zero-order chi connectivity index (χ0) is 12.1. The normalized spacial score (nSPS) is 30.7. The Hall–Kier alpha value is -0.120. The van der Waals surface area contributed by atoms with Crippen LogP contribution in [0, 0.1) is 0 Å². The Kier molecular flexibility index (Phi) is 5.26. The summed E-state index contributed by atoms with van der Waals surface area (Å²) in [6, 6.07) is 1.65. The summed E-state index contributed by atoms with van der Waals surface area (Å²) in [5, 5.41) is 3.22. The maximum atomic E-state index is 3.22. The van der Waals surface area contributed by atoms with Gasteiger partial charge in [0.25, 0.3) is 0 Å². The minimum atomic E-state index is 0.772. The van der Waals surface area contributed by atoms with Crippen LogP contribution >= 0.6 is 0 Å². The lowest BCUT2D eigenvalue weighted by atomic mass is 10.1. The topological polar surface area (TPSA) is 18.5 Å². The summed E-state index contributed by atoms with van der Waals surface area (Å²) in [4.78, 5) is 5.44. The molecule has 0 spiro atoms. The average Bonchev–Trinajstić information content (AvgIpc) is 2.76. The third-order valence-electron chi connectivity index (χ3n) is 4.44. The second-order valence-corrected chi connectivity index (χ2v) is 5.80. The molecule has 2 fully saturated rings. The largest absolute Gasteiger partial charge is 0.320 e. The van der Waals surface area contributed by atoms with Crippen molar-refractivity contribution in [3.63, 3.8) is 0 Å². The maximum Gasteiger partial charge on any atom is 0.0224 e. The van der Waals surface area contributed by atoms with E-state index in [1.54, 1.807) is 0 Å². The van der Waals surface area contributed by atoms with Crippen LogP contribution in [0.1, 0.15) is 39.0 Å². The van der Waals surface area contributed by atoms with Crippen LogP contribution in [0.25, 0.3) is 0 Å². The van der Waals surface area contributed by atoms with Crippen molar-refractivity contribution in [2.24, 2.45) is 0 Å². The van der Waals surface area contributed by atoms with Gasteiger partial charge in [-0.15, -0.1) is 0 Å². The van der Waals surface area contributed by atoms with Gasteiger partial charge in [0.1, 0.15) is 0 Å². The third-order valence-corrected chi connectivity index (χ3v) is 4.44. The van der Waals surface area contributed by atoms with Gasteiger partial charge in [-0.25, -0.2) is 0 Å². The molecule has 1 N–H and O–H groups in total. The Morgan fingerprint density at radius 2 is 2.06 bits per heavy atom. The van der Waals surface area contributed by atoms with E-state index in [4.69, 9.17) is 0 Å². The summed E-state index contributed by atoms with van der Waals surface area (Å²) in [5.74, 6) is 0. The van der Waals surface area contributed by atoms with Crippen molar-refractivity contribution < 1.29 is 0 Å². The molecule has 0 aromatic heterocycles. The lowest BCUT2D eigenvalue weighted by Gasteiger charge is -2.42. The van der Waals surface area contributed by atoms with E-state index in [1.807, 2.05) is 7.05 Å². The molecule has 0 radical (unpaired) electrons. The number of nitrogens with one attached hydrogen (secondary N) is 1. The SMILES string of the molecule is CNCCCCCN1CC2CCCN2CC1C. The van der Waals surface area contributed by atoms with E-state index in [0.29, 0.717) is 0 Å². The quantitative estimate of drug-likeness (QED) is 0.710. The van der Waals surface area contributed by atoms with Crippen molar-refractivity contribution in [3.05, 3.63) is 0 Å². The van der Waals surface area contributed by atoms with Crippen LogP contribution in [0.2, 0.25) is 0 Å². The second-order valence-electron chi connectivity index (χ2n) is 5.80. The average molecular weight is 239 g/mol. The fourth-order valence-corrected chi connectivity index (χ4v) is 3.35. The Balaban J connectivity index is 1.66.